The fraction of sp³-hybridized carbons (Fsp3) is 0.650. The Morgan fingerprint density at radius 2 is 2.05 bits per heavy atom. The summed E-state index contributed by atoms with van der Waals surface area (Å²) in [6.07, 6.45) is 14.0. The smallest absolute Gasteiger partial charge is 0.309 e. The summed E-state index contributed by atoms with van der Waals surface area (Å²) in [6.45, 7) is 10.5. The van der Waals surface area contributed by atoms with Crippen LogP contribution < -0.4 is 0 Å². The van der Waals surface area contributed by atoms with Crippen molar-refractivity contribution < 1.29 is 9.90 Å². The van der Waals surface area contributed by atoms with E-state index in [4.69, 9.17) is 0 Å². The van der Waals surface area contributed by atoms with Crippen molar-refractivity contribution in [3.63, 3.8) is 0 Å². The van der Waals surface area contributed by atoms with Gasteiger partial charge >= 0.3 is 5.97 Å². The van der Waals surface area contributed by atoms with Gasteiger partial charge in [-0.25, -0.2) is 0 Å². The van der Waals surface area contributed by atoms with E-state index in [1.165, 1.54) is 5.57 Å². The standard InChI is InChI=1S/C20H28O2/c1-5-18(2)12-9-15-14(13-18)7-8-16-19(15,3)10-6-11-20(16,4)17(21)22/h5,7-8,13,15-16H,1,6,9-12H2,2-4H3,(H,21,22). The third-order valence-corrected chi connectivity index (χ3v) is 6.91. The van der Waals surface area contributed by atoms with E-state index in [-0.39, 0.29) is 16.7 Å². The Bertz CT molecular complexity index is 572. The molecule has 5 atom stereocenters. The zero-order chi connectivity index (χ0) is 16.2. The second-order valence-corrected chi connectivity index (χ2v) is 8.36. The normalized spacial score (nSPS) is 47.1. The third kappa shape index (κ3) is 2.03. The molecule has 2 nitrogen and oxygen atoms in total. The maximum atomic E-state index is 11.9. The van der Waals surface area contributed by atoms with Crippen molar-refractivity contribution >= 4 is 5.97 Å². The van der Waals surface area contributed by atoms with Crippen LogP contribution in [0, 0.1) is 28.1 Å². The number of carboxylic acids is 1. The number of carbonyl (C=O) groups is 1. The summed E-state index contributed by atoms with van der Waals surface area (Å²) in [6, 6.07) is 0. The quantitative estimate of drug-likeness (QED) is 0.730. The lowest BCUT2D eigenvalue weighted by Crippen LogP contribution is -2.52. The highest BCUT2D eigenvalue weighted by Gasteiger charge is 2.57. The molecular weight excluding hydrogens is 272 g/mol. The minimum Gasteiger partial charge on any atom is -0.481 e. The van der Waals surface area contributed by atoms with Crippen molar-refractivity contribution in [2.75, 3.05) is 0 Å². The number of fused-ring (bicyclic) bond motifs is 3. The van der Waals surface area contributed by atoms with E-state index in [0.717, 1.165) is 32.1 Å². The Balaban J connectivity index is 2.07. The van der Waals surface area contributed by atoms with Gasteiger partial charge in [0.15, 0.2) is 0 Å². The second-order valence-electron chi connectivity index (χ2n) is 8.36. The Kier molecular flexibility index (Phi) is 3.43. The van der Waals surface area contributed by atoms with Crippen LogP contribution in [0.5, 0.6) is 0 Å². The zero-order valence-electron chi connectivity index (χ0n) is 14.1. The van der Waals surface area contributed by atoms with Crippen molar-refractivity contribution in [1.29, 1.82) is 0 Å². The number of hydrogen-bond donors (Lipinski definition) is 1. The van der Waals surface area contributed by atoms with Crippen molar-refractivity contribution in [3.8, 4) is 0 Å². The van der Waals surface area contributed by atoms with Crippen LogP contribution in [-0.4, -0.2) is 11.1 Å². The van der Waals surface area contributed by atoms with Gasteiger partial charge in [-0.3, -0.25) is 4.79 Å². The van der Waals surface area contributed by atoms with Gasteiger partial charge in [-0.2, -0.15) is 0 Å². The van der Waals surface area contributed by atoms with Gasteiger partial charge in [0.25, 0.3) is 0 Å². The molecule has 1 fully saturated rings. The van der Waals surface area contributed by atoms with Gasteiger partial charge in [0.2, 0.25) is 0 Å². The third-order valence-electron chi connectivity index (χ3n) is 6.91. The van der Waals surface area contributed by atoms with E-state index in [9.17, 15) is 9.90 Å². The summed E-state index contributed by atoms with van der Waals surface area (Å²) in [5, 5.41) is 9.81. The molecule has 3 aliphatic carbocycles. The van der Waals surface area contributed by atoms with Crippen LogP contribution in [0.2, 0.25) is 0 Å². The number of rotatable bonds is 2. The maximum Gasteiger partial charge on any atom is 0.309 e. The van der Waals surface area contributed by atoms with Gasteiger partial charge in [0, 0.05) is 5.41 Å². The lowest BCUT2D eigenvalue weighted by molar-refractivity contribution is -0.159. The molecule has 0 bridgehead atoms. The first-order valence-corrected chi connectivity index (χ1v) is 8.53. The van der Waals surface area contributed by atoms with Crippen LogP contribution in [-0.2, 0) is 4.79 Å². The summed E-state index contributed by atoms with van der Waals surface area (Å²) in [4.78, 5) is 11.9. The molecular formula is C20H28O2. The molecule has 0 amide bonds. The highest BCUT2D eigenvalue weighted by atomic mass is 16.4. The molecule has 5 unspecified atom stereocenters. The van der Waals surface area contributed by atoms with Crippen LogP contribution in [0.15, 0.2) is 36.5 Å². The fourth-order valence-corrected chi connectivity index (χ4v) is 5.36. The van der Waals surface area contributed by atoms with Crippen molar-refractivity contribution in [3.05, 3.63) is 36.5 Å². The number of hydrogen-bond acceptors (Lipinski definition) is 1. The minimum atomic E-state index is -0.632. The summed E-state index contributed by atoms with van der Waals surface area (Å²) < 4.78 is 0. The van der Waals surface area contributed by atoms with Crippen LogP contribution in [0.1, 0.15) is 52.9 Å². The molecule has 0 aromatic heterocycles. The minimum absolute atomic E-state index is 0.0779. The predicted molar refractivity (Wildman–Crippen MR) is 89.4 cm³/mol. The van der Waals surface area contributed by atoms with Crippen molar-refractivity contribution in [1.82, 2.24) is 0 Å². The van der Waals surface area contributed by atoms with Gasteiger partial charge in [-0.1, -0.05) is 44.6 Å². The maximum absolute atomic E-state index is 11.9. The summed E-state index contributed by atoms with van der Waals surface area (Å²) >= 11 is 0. The molecule has 120 valence electrons. The highest BCUT2D eigenvalue weighted by molar-refractivity contribution is 5.75. The number of carboxylic acid groups (broad SMARTS) is 1. The molecule has 0 saturated heterocycles. The monoisotopic (exact) mass is 300 g/mol. The molecule has 2 heteroatoms. The first-order chi connectivity index (χ1) is 10.3. The van der Waals surface area contributed by atoms with Crippen LogP contribution >= 0.6 is 0 Å². The molecule has 0 heterocycles. The SMILES string of the molecule is C=CC1(C)C=C2C=CC3C(C)(C(=O)O)CCCC3(C)C2CC1. The van der Waals surface area contributed by atoms with Crippen molar-refractivity contribution in [2.45, 2.75) is 52.9 Å². The molecule has 3 rings (SSSR count). The van der Waals surface area contributed by atoms with Gasteiger partial charge in [-0.15, -0.1) is 6.58 Å². The van der Waals surface area contributed by atoms with Gasteiger partial charge in [-0.05, 0) is 55.4 Å². The van der Waals surface area contributed by atoms with Crippen LogP contribution in [0.25, 0.3) is 0 Å². The van der Waals surface area contributed by atoms with E-state index in [0.29, 0.717) is 5.92 Å². The van der Waals surface area contributed by atoms with Crippen LogP contribution in [0.4, 0.5) is 0 Å². The summed E-state index contributed by atoms with van der Waals surface area (Å²) in [5.41, 5.74) is 0.953. The lowest BCUT2D eigenvalue weighted by Gasteiger charge is -2.56. The summed E-state index contributed by atoms with van der Waals surface area (Å²) in [5.74, 6) is 0.00299. The van der Waals surface area contributed by atoms with E-state index >= 15 is 0 Å². The van der Waals surface area contributed by atoms with Crippen LogP contribution in [0.3, 0.4) is 0 Å². The van der Waals surface area contributed by atoms with Crippen molar-refractivity contribution in [2.24, 2.45) is 28.1 Å². The molecule has 1 N–H and O–H groups in total. The van der Waals surface area contributed by atoms with Gasteiger partial charge in [0.05, 0.1) is 5.41 Å². The fourth-order valence-electron chi connectivity index (χ4n) is 5.36. The molecule has 0 aromatic carbocycles. The number of aliphatic carboxylic acids is 1. The zero-order valence-corrected chi connectivity index (χ0v) is 14.1. The Labute approximate surface area is 134 Å². The summed E-state index contributed by atoms with van der Waals surface area (Å²) in [7, 11) is 0. The Morgan fingerprint density at radius 1 is 1.32 bits per heavy atom. The average molecular weight is 300 g/mol. The average Bonchev–Trinajstić information content (AvgIpc) is 2.46. The van der Waals surface area contributed by atoms with Gasteiger partial charge < -0.3 is 5.11 Å². The molecule has 22 heavy (non-hydrogen) atoms. The molecule has 0 spiro atoms. The Hall–Kier alpha value is -1.31. The van der Waals surface area contributed by atoms with E-state index in [1.54, 1.807) is 0 Å². The molecule has 1 saturated carbocycles. The predicted octanol–water partition coefficient (Wildman–Crippen LogP) is 4.98. The molecule has 3 aliphatic rings. The van der Waals surface area contributed by atoms with E-state index in [1.807, 2.05) is 6.92 Å². The largest absolute Gasteiger partial charge is 0.481 e. The topological polar surface area (TPSA) is 37.3 Å². The first-order valence-electron chi connectivity index (χ1n) is 8.53. The molecule has 0 aliphatic heterocycles. The number of allylic oxidation sites excluding steroid dienone is 5. The van der Waals surface area contributed by atoms with Gasteiger partial charge in [0.1, 0.15) is 0 Å². The lowest BCUT2D eigenvalue weighted by atomic mass is 9.47. The molecule has 0 radical (unpaired) electrons. The highest BCUT2D eigenvalue weighted by Crippen LogP contribution is 2.61. The molecule has 0 aromatic rings. The Morgan fingerprint density at radius 3 is 2.68 bits per heavy atom. The van der Waals surface area contributed by atoms with E-state index in [2.05, 4.69) is 44.7 Å². The second kappa shape index (κ2) is 4.84. The van der Waals surface area contributed by atoms with E-state index < -0.39 is 11.4 Å². The first kappa shape index (κ1) is 15.6.